The second-order valence-electron chi connectivity index (χ2n) is 3.58. The molecule has 3 unspecified atom stereocenters. The van der Waals surface area contributed by atoms with E-state index in [4.69, 9.17) is 6.11 Å². The first-order valence-corrected chi connectivity index (χ1v) is 5.74. The number of halogens is 1. The van der Waals surface area contributed by atoms with Crippen LogP contribution in [-0.4, -0.2) is 26.9 Å². The molecule has 1 aliphatic rings. The number of aliphatic hydroxyl groups is 1. The van der Waals surface area contributed by atoms with Crippen LogP contribution >= 0.6 is 22.6 Å². The molecule has 0 spiro atoms. The van der Waals surface area contributed by atoms with Crippen molar-refractivity contribution in [1.29, 1.82) is 0 Å². The molecule has 2 heterocycles. The number of nitrogens with zero attached hydrogens (tertiary/aromatic N) is 1. The zero-order valence-corrected chi connectivity index (χ0v) is 10.4. The van der Waals surface area contributed by atoms with Gasteiger partial charge in [0.05, 0.1) is 15.8 Å². The van der Waals surface area contributed by atoms with E-state index in [-0.39, 0.29) is 13.3 Å². The highest BCUT2D eigenvalue weighted by atomic mass is 127. The summed E-state index contributed by atoms with van der Waals surface area (Å²) in [5.41, 5.74) is -1.01. The number of rotatable bonds is 1. The molecule has 16 heavy (non-hydrogen) atoms. The first kappa shape index (κ1) is 10.5. The molecule has 0 amide bonds. The Morgan fingerprint density at radius 3 is 3.12 bits per heavy atom. The Morgan fingerprint density at radius 2 is 2.50 bits per heavy atom. The highest BCUT2D eigenvalue weighted by Crippen LogP contribution is 2.26. The summed E-state index contributed by atoms with van der Waals surface area (Å²) in [7, 11) is 0. The maximum Gasteiger partial charge on any atom is 0.330 e. The van der Waals surface area contributed by atoms with Crippen LogP contribution in [0.4, 0.5) is 0 Å². The Bertz CT molecular complexity index is 528. The second-order valence-corrected chi connectivity index (χ2v) is 4.74. The Hall–Kier alpha value is -0.670. The van der Waals surface area contributed by atoms with Gasteiger partial charge in [-0.1, -0.05) is 0 Å². The first-order chi connectivity index (χ1) is 8.02. The van der Waals surface area contributed by atoms with Gasteiger partial charge >= 0.3 is 5.69 Å². The summed E-state index contributed by atoms with van der Waals surface area (Å²) in [5.74, 6) is 0. The van der Waals surface area contributed by atoms with Crippen LogP contribution in [0.3, 0.4) is 0 Å². The smallest absolute Gasteiger partial charge is 0.330 e. The largest absolute Gasteiger partial charge is 0.390 e. The molecular formula is C9H11IN2O4. The summed E-state index contributed by atoms with van der Waals surface area (Å²) < 4.78 is 14.2. The van der Waals surface area contributed by atoms with Gasteiger partial charge in [0.25, 0.3) is 5.56 Å². The maximum absolute atomic E-state index is 11.6. The van der Waals surface area contributed by atoms with Crippen LogP contribution in [0.5, 0.6) is 0 Å². The first-order valence-electron chi connectivity index (χ1n) is 5.37. The van der Waals surface area contributed by atoms with Crippen molar-refractivity contribution in [3.63, 3.8) is 0 Å². The normalized spacial score (nSPS) is 30.4. The molecule has 1 aromatic rings. The molecular weight excluding hydrogens is 327 g/mol. The molecule has 2 rings (SSSR count). The van der Waals surface area contributed by atoms with Crippen molar-refractivity contribution in [3.8, 4) is 0 Å². The molecule has 0 aliphatic carbocycles. The van der Waals surface area contributed by atoms with Gasteiger partial charge in [0, 0.05) is 14.0 Å². The van der Waals surface area contributed by atoms with Crippen molar-refractivity contribution < 1.29 is 11.2 Å². The number of H-pyrrole nitrogens is 1. The zero-order chi connectivity index (χ0) is 12.6. The lowest BCUT2D eigenvalue weighted by atomic mass is 10.2. The van der Waals surface area contributed by atoms with Crippen molar-refractivity contribution in [2.24, 2.45) is 0 Å². The maximum atomic E-state index is 11.6. The van der Waals surface area contributed by atoms with Crippen LogP contribution in [-0.2, 0) is 4.74 Å². The SMILES string of the molecule is [2H]CC1OC(n2cc(I)c(=O)[nH]c2=O)CC1O. The Balaban J connectivity index is 2.34. The van der Waals surface area contributed by atoms with Gasteiger partial charge in [-0.15, -0.1) is 0 Å². The van der Waals surface area contributed by atoms with Crippen LogP contribution in [0.1, 0.15) is 20.9 Å². The van der Waals surface area contributed by atoms with E-state index >= 15 is 0 Å². The van der Waals surface area contributed by atoms with E-state index in [0.717, 1.165) is 0 Å². The average molecular weight is 339 g/mol. The standard InChI is InChI=1S/C9H11IN2O4/c1-4-6(13)2-7(16-4)12-3-5(10)8(14)11-9(12)15/h3-4,6-7,13H,2H2,1H3,(H,11,14,15)/i1D. The van der Waals surface area contributed by atoms with Crippen LogP contribution in [0.25, 0.3) is 0 Å². The number of ether oxygens (including phenoxy) is 1. The lowest BCUT2D eigenvalue weighted by molar-refractivity contribution is -0.0102. The van der Waals surface area contributed by atoms with Crippen molar-refractivity contribution in [3.05, 3.63) is 30.6 Å². The Labute approximate surface area is 106 Å². The van der Waals surface area contributed by atoms with Crippen LogP contribution in [0.15, 0.2) is 15.8 Å². The van der Waals surface area contributed by atoms with E-state index in [0.29, 0.717) is 3.57 Å². The van der Waals surface area contributed by atoms with Crippen molar-refractivity contribution in [1.82, 2.24) is 9.55 Å². The topological polar surface area (TPSA) is 84.3 Å². The highest BCUT2D eigenvalue weighted by Gasteiger charge is 2.32. The van der Waals surface area contributed by atoms with E-state index in [1.165, 1.54) is 10.8 Å². The zero-order valence-electron chi connectivity index (χ0n) is 9.22. The minimum absolute atomic E-state index is 0.0626. The lowest BCUT2D eigenvalue weighted by Gasteiger charge is -2.13. The third-order valence-corrected chi connectivity index (χ3v) is 3.21. The molecule has 0 radical (unpaired) electrons. The van der Waals surface area contributed by atoms with Gasteiger partial charge in [-0.05, 0) is 29.5 Å². The van der Waals surface area contributed by atoms with Gasteiger partial charge < -0.3 is 9.84 Å². The number of aromatic nitrogens is 2. The third kappa shape index (κ3) is 2.06. The molecule has 1 fully saturated rings. The molecule has 7 heteroatoms. The summed E-state index contributed by atoms with van der Waals surface area (Å²) in [5, 5.41) is 9.60. The predicted molar refractivity (Wildman–Crippen MR) is 64.2 cm³/mol. The molecule has 1 saturated heterocycles. The van der Waals surface area contributed by atoms with E-state index in [2.05, 4.69) is 4.98 Å². The van der Waals surface area contributed by atoms with E-state index in [1.807, 2.05) is 22.6 Å². The Morgan fingerprint density at radius 1 is 1.75 bits per heavy atom. The molecule has 0 bridgehead atoms. The fraction of sp³-hybridized carbons (Fsp3) is 0.556. The summed E-state index contributed by atoms with van der Waals surface area (Å²) in [6.45, 7) is -0.0626. The molecule has 1 aliphatic heterocycles. The van der Waals surface area contributed by atoms with E-state index < -0.39 is 29.7 Å². The fourth-order valence-corrected chi connectivity index (χ4v) is 2.00. The van der Waals surface area contributed by atoms with Gasteiger partial charge in [-0.3, -0.25) is 14.3 Å². The van der Waals surface area contributed by atoms with Gasteiger partial charge in [0.1, 0.15) is 6.23 Å². The molecule has 0 saturated carbocycles. The number of hydrogen-bond donors (Lipinski definition) is 2. The number of aromatic amines is 1. The average Bonchev–Trinajstić information content (AvgIpc) is 2.65. The molecule has 6 nitrogen and oxygen atoms in total. The highest BCUT2D eigenvalue weighted by molar-refractivity contribution is 14.1. The van der Waals surface area contributed by atoms with Crippen LogP contribution in [0.2, 0.25) is 0 Å². The lowest BCUT2D eigenvalue weighted by Crippen LogP contribution is -2.33. The van der Waals surface area contributed by atoms with E-state index in [1.54, 1.807) is 0 Å². The summed E-state index contributed by atoms with van der Waals surface area (Å²) in [6, 6.07) is 0. The monoisotopic (exact) mass is 339 g/mol. The van der Waals surface area contributed by atoms with Crippen molar-refractivity contribution in [2.75, 3.05) is 0 Å². The quantitative estimate of drug-likeness (QED) is 0.695. The van der Waals surface area contributed by atoms with E-state index in [9.17, 15) is 14.7 Å². The summed E-state index contributed by atoms with van der Waals surface area (Å²) in [4.78, 5) is 24.9. The summed E-state index contributed by atoms with van der Waals surface area (Å²) in [6.07, 6.45) is -0.333. The number of hydrogen-bond acceptors (Lipinski definition) is 4. The minimum Gasteiger partial charge on any atom is -0.390 e. The molecule has 3 atom stereocenters. The molecule has 2 N–H and O–H groups in total. The number of aliphatic hydroxyl groups excluding tert-OH is 1. The molecule has 88 valence electrons. The molecule has 0 aromatic carbocycles. The number of nitrogens with one attached hydrogen (secondary N) is 1. The van der Waals surface area contributed by atoms with Gasteiger partial charge in [0.2, 0.25) is 0 Å². The van der Waals surface area contributed by atoms with Crippen molar-refractivity contribution in [2.45, 2.75) is 31.8 Å². The Kier molecular flexibility index (Phi) is 2.82. The van der Waals surface area contributed by atoms with Gasteiger partial charge in [-0.25, -0.2) is 4.79 Å². The van der Waals surface area contributed by atoms with Crippen LogP contribution < -0.4 is 11.2 Å². The van der Waals surface area contributed by atoms with Gasteiger partial charge in [-0.2, -0.15) is 0 Å². The van der Waals surface area contributed by atoms with Gasteiger partial charge in [0.15, 0.2) is 0 Å². The van der Waals surface area contributed by atoms with Crippen LogP contribution in [0, 0.1) is 3.57 Å². The predicted octanol–water partition coefficient (Wildman–Crippen LogP) is -0.191. The van der Waals surface area contributed by atoms with Crippen molar-refractivity contribution >= 4 is 22.6 Å². The molecule has 1 aromatic heterocycles. The minimum atomic E-state index is -0.756. The third-order valence-electron chi connectivity index (χ3n) is 2.44. The second kappa shape index (κ2) is 4.30. The fourth-order valence-electron chi connectivity index (χ4n) is 1.56. The summed E-state index contributed by atoms with van der Waals surface area (Å²) >= 11 is 1.81.